The van der Waals surface area contributed by atoms with Crippen LogP contribution in [0.25, 0.3) is 0 Å². The Morgan fingerprint density at radius 1 is 1.17 bits per heavy atom. The average Bonchev–Trinajstić information content (AvgIpc) is 2.05. The van der Waals surface area contributed by atoms with E-state index >= 15 is 0 Å². The van der Waals surface area contributed by atoms with Crippen molar-refractivity contribution in [3.63, 3.8) is 0 Å². The van der Waals surface area contributed by atoms with Crippen LogP contribution in [-0.2, 0) is 9.47 Å². The molecule has 0 aliphatic heterocycles. The second-order valence-corrected chi connectivity index (χ2v) is 3.25. The van der Waals surface area contributed by atoms with Crippen LogP contribution >= 0.6 is 0 Å². The molecule has 0 rings (SSSR count). The molecule has 0 N–H and O–H groups in total. The van der Waals surface area contributed by atoms with Crippen molar-refractivity contribution in [2.45, 2.75) is 58.8 Å². The number of hydrogen-bond acceptors (Lipinski definition) is 2. The molecule has 74 valence electrons. The Hall–Kier alpha value is -0.0800. The molecule has 0 saturated carbocycles. The van der Waals surface area contributed by atoms with Gasteiger partial charge in [0.2, 0.25) is 0 Å². The molecule has 0 heterocycles. The van der Waals surface area contributed by atoms with Crippen molar-refractivity contribution in [2.75, 3.05) is 7.11 Å². The highest BCUT2D eigenvalue weighted by atomic mass is 16.7. The first kappa shape index (κ1) is 11.9. The van der Waals surface area contributed by atoms with Crippen LogP contribution in [0.2, 0.25) is 0 Å². The molecule has 2 atom stereocenters. The van der Waals surface area contributed by atoms with Gasteiger partial charge in [0.25, 0.3) is 0 Å². The summed E-state index contributed by atoms with van der Waals surface area (Å²) in [6.07, 6.45) is 5.23. The highest BCUT2D eigenvalue weighted by Gasteiger charge is 2.06. The van der Waals surface area contributed by atoms with E-state index in [1.807, 2.05) is 6.92 Å². The van der Waals surface area contributed by atoms with E-state index in [1.54, 1.807) is 7.11 Å². The highest BCUT2D eigenvalue weighted by molar-refractivity contribution is 4.51. The zero-order valence-electron chi connectivity index (χ0n) is 8.80. The smallest absolute Gasteiger partial charge is 0.154 e. The Morgan fingerprint density at radius 3 is 2.33 bits per heavy atom. The van der Waals surface area contributed by atoms with Gasteiger partial charge in [-0.1, -0.05) is 26.2 Å². The van der Waals surface area contributed by atoms with Gasteiger partial charge in [0.1, 0.15) is 0 Å². The standard InChI is InChI=1S/C10H22O2/c1-5-6-7-8-9(2)12-10(3)11-4/h9-10H,5-8H2,1-4H3. The Balaban J connectivity index is 3.26. The van der Waals surface area contributed by atoms with E-state index in [4.69, 9.17) is 9.47 Å². The van der Waals surface area contributed by atoms with Gasteiger partial charge in [0.05, 0.1) is 6.10 Å². The molecule has 0 radical (unpaired) electrons. The summed E-state index contributed by atoms with van der Waals surface area (Å²) >= 11 is 0. The Labute approximate surface area is 76.3 Å². The molecule has 0 aromatic rings. The Bertz CT molecular complexity index is 93.8. The summed E-state index contributed by atoms with van der Waals surface area (Å²) in [4.78, 5) is 0. The molecule has 2 unspecified atom stereocenters. The van der Waals surface area contributed by atoms with Crippen molar-refractivity contribution < 1.29 is 9.47 Å². The number of hydrogen-bond donors (Lipinski definition) is 0. The molecule has 0 aliphatic rings. The monoisotopic (exact) mass is 174 g/mol. The van der Waals surface area contributed by atoms with Crippen LogP contribution in [0, 0.1) is 0 Å². The number of unbranched alkanes of at least 4 members (excludes halogenated alkanes) is 2. The van der Waals surface area contributed by atoms with Gasteiger partial charge >= 0.3 is 0 Å². The second-order valence-electron chi connectivity index (χ2n) is 3.25. The minimum absolute atomic E-state index is 0.0679. The largest absolute Gasteiger partial charge is 0.356 e. The number of methoxy groups -OCH3 is 1. The number of rotatable bonds is 7. The van der Waals surface area contributed by atoms with E-state index in [-0.39, 0.29) is 6.29 Å². The van der Waals surface area contributed by atoms with Crippen LogP contribution in [0.15, 0.2) is 0 Å². The maximum Gasteiger partial charge on any atom is 0.154 e. The molecule has 0 spiro atoms. The topological polar surface area (TPSA) is 18.5 Å². The van der Waals surface area contributed by atoms with Crippen molar-refractivity contribution in [1.29, 1.82) is 0 Å². The second kappa shape index (κ2) is 7.56. The predicted octanol–water partition coefficient (Wildman–Crippen LogP) is 2.96. The molecule has 0 amide bonds. The molecule has 0 saturated heterocycles. The fourth-order valence-corrected chi connectivity index (χ4v) is 1.13. The molecule has 2 nitrogen and oxygen atoms in total. The third kappa shape index (κ3) is 6.62. The average molecular weight is 174 g/mol. The van der Waals surface area contributed by atoms with Crippen LogP contribution < -0.4 is 0 Å². The lowest BCUT2D eigenvalue weighted by atomic mass is 10.1. The summed E-state index contributed by atoms with van der Waals surface area (Å²) < 4.78 is 10.5. The van der Waals surface area contributed by atoms with Crippen molar-refractivity contribution in [3.05, 3.63) is 0 Å². The van der Waals surface area contributed by atoms with E-state index in [9.17, 15) is 0 Å². The van der Waals surface area contributed by atoms with Crippen molar-refractivity contribution in [1.82, 2.24) is 0 Å². The van der Waals surface area contributed by atoms with Crippen LogP contribution in [-0.4, -0.2) is 19.5 Å². The van der Waals surface area contributed by atoms with Crippen LogP contribution in [0.1, 0.15) is 46.5 Å². The Morgan fingerprint density at radius 2 is 1.83 bits per heavy atom. The van der Waals surface area contributed by atoms with E-state index in [0.717, 1.165) is 6.42 Å². The van der Waals surface area contributed by atoms with E-state index < -0.39 is 0 Å². The third-order valence-corrected chi connectivity index (χ3v) is 1.97. The van der Waals surface area contributed by atoms with E-state index in [2.05, 4.69) is 13.8 Å². The van der Waals surface area contributed by atoms with E-state index in [0.29, 0.717) is 6.10 Å². The summed E-state index contributed by atoms with van der Waals surface area (Å²) in [7, 11) is 1.67. The first-order valence-corrected chi connectivity index (χ1v) is 4.89. The lowest BCUT2D eigenvalue weighted by Gasteiger charge is -2.17. The van der Waals surface area contributed by atoms with Crippen molar-refractivity contribution in [3.8, 4) is 0 Å². The van der Waals surface area contributed by atoms with Gasteiger partial charge in [-0.25, -0.2) is 0 Å². The van der Waals surface area contributed by atoms with Gasteiger partial charge < -0.3 is 9.47 Å². The molecular formula is C10H22O2. The van der Waals surface area contributed by atoms with Gasteiger partial charge in [-0.15, -0.1) is 0 Å². The summed E-state index contributed by atoms with van der Waals surface area (Å²) in [5.41, 5.74) is 0. The first-order valence-electron chi connectivity index (χ1n) is 4.89. The molecular weight excluding hydrogens is 152 g/mol. The maximum absolute atomic E-state index is 5.52. The molecule has 0 aliphatic carbocycles. The first-order chi connectivity index (χ1) is 5.70. The molecule has 0 fully saturated rings. The number of ether oxygens (including phenoxy) is 2. The van der Waals surface area contributed by atoms with E-state index in [1.165, 1.54) is 19.3 Å². The molecule has 0 aromatic carbocycles. The SMILES string of the molecule is CCCCCC(C)OC(C)OC. The highest BCUT2D eigenvalue weighted by Crippen LogP contribution is 2.08. The van der Waals surface area contributed by atoms with Gasteiger partial charge in [-0.3, -0.25) is 0 Å². The summed E-state index contributed by atoms with van der Waals surface area (Å²) in [6.45, 7) is 6.24. The van der Waals surface area contributed by atoms with Gasteiger partial charge in [0, 0.05) is 7.11 Å². The lowest BCUT2D eigenvalue weighted by molar-refractivity contribution is -0.140. The van der Waals surface area contributed by atoms with Gasteiger partial charge in [-0.2, -0.15) is 0 Å². The summed E-state index contributed by atoms with van der Waals surface area (Å²) in [5.74, 6) is 0. The third-order valence-electron chi connectivity index (χ3n) is 1.97. The summed E-state index contributed by atoms with van der Waals surface area (Å²) in [6, 6.07) is 0. The molecule has 0 bridgehead atoms. The maximum atomic E-state index is 5.52. The summed E-state index contributed by atoms with van der Waals surface area (Å²) in [5, 5.41) is 0. The minimum Gasteiger partial charge on any atom is -0.356 e. The zero-order valence-corrected chi connectivity index (χ0v) is 8.80. The fraction of sp³-hybridized carbons (Fsp3) is 1.00. The predicted molar refractivity (Wildman–Crippen MR) is 51.2 cm³/mol. The van der Waals surface area contributed by atoms with Crippen molar-refractivity contribution in [2.24, 2.45) is 0 Å². The Kier molecular flexibility index (Phi) is 7.51. The fourth-order valence-electron chi connectivity index (χ4n) is 1.13. The van der Waals surface area contributed by atoms with Gasteiger partial charge in [-0.05, 0) is 20.3 Å². The quantitative estimate of drug-likeness (QED) is 0.436. The molecule has 12 heavy (non-hydrogen) atoms. The van der Waals surface area contributed by atoms with Crippen LogP contribution in [0.4, 0.5) is 0 Å². The zero-order chi connectivity index (χ0) is 9.40. The molecule has 0 aromatic heterocycles. The minimum atomic E-state index is -0.0679. The lowest BCUT2D eigenvalue weighted by Crippen LogP contribution is -2.18. The van der Waals surface area contributed by atoms with Crippen LogP contribution in [0.5, 0.6) is 0 Å². The van der Waals surface area contributed by atoms with Crippen molar-refractivity contribution >= 4 is 0 Å². The van der Waals surface area contributed by atoms with Crippen LogP contribution in [0.3, 0.4) is 0 Å². The van der Waals surface area contributed by atoms with Gasteiger partial charge in [0.15, 0.2) is 6.29 Å². The molecule has 2 heteroatoms. The normalized spacial score (nSPS) is 16.0.